The number of aryl methyl sites for hydroxylation is 2. The van der Waals surface area contributed by atoms with Gasteiger partial charge in [0.1, 0.15) is 0 Å². The van der Waals surface area contributed by atoms with Gasteiger partial charge in [-0.2, -0.15) is 11.8 Å². The van der Waals surface area contributed by atoms with Gasteiger partial charge in [-0.25, -0.2) is 0 Å². The van der Waals surface area contributed by atoms with Crippen LogP contribution in [0, 0.1) is 6.92 Å². The van der Waals surface area contributed by atoms with Crippen LogP contribution in [0.4, 0.5) is 5.69 Å². The van der Waals surface area contributed by atoms with Gasteiger partial charge in [0, 0.05) is 17.0 Å². The maximum Gasteiger partial charge on any atom is 0.0404 e. The van der Waals surface area contributed by atoms with E-state index in [2.05, 4.69) is 56.0 Å². The molecule has 2 atom stereocenters. The van der Waals surface area contributed by atoms with Crippen molar-refractivity contribution in [2.24, 2.45) is 0 Å². The summed E-state index contributed by atoms with van der Waals surface area (Å²) in [7, 11) is 0. The van der Waals surface area contributed by atoms with E-state index in [9.17, 15) is 0 Å². The summed E-state index contributed by atoms with van der Waals surface area (Å²) in [4.78, 5) is 0. The highest BCUT2D eigenvalue weighted by Gasteiger charge is 2.22. The number of anilines is 1. The molecule has 0 amide bonds. The van der Waals surface area contributed by atoms with Crippen molar-refractivity contribution in [3.8, 4) is 0 Å². The summed E-state index contributed by atoms with van der Waals surface area (Å²) in [5, 5.41) is 4.53. The van der Waals surface area contributed by atoms with E-state index in [1.165, 1.54) is 35.4 Å². The van der Waals surface area contributed by atoms with Crippen LogP contribution in [0.5, 0.6) is 0 Å². The highest BCUT2D eigenvalue weighted by Crippen LogP contribution is 2.30. The minimum Gasteiger partial charge on any atom is -0.381 e. The molecular weight excluding hydrogens is 226 g/mol. The molecule has 0 aromatic heterocycles. The van der Waals surface area contributed by atoms with Crippen molar-refractivity contribution in [3.05, 3.63) is 29.3 Å². The largest absolute Gasteiger partial charge is 0.381 e. The lowest BCUT2D eigenvalue weighted by Gasteiger charge is -2.31. The number of nitrogens with one attached hydrogen (secondary N) is 1. The Bertz CT molecular complexity index is 375. The van der Waals surface area contributed by atoms with E-state index >= 15 is 0 Å². The van der Waals surface area contributed by atoms with Crippen molar-refractivity contribution >= 4 is 17.4 Å². The van der Waals surface area contributed by atoms with Gasteiger partial charge < -0.3 is 5.32 Å². The molecule has 2 rings (SSSR count). The second-order valence-corrected chi connectivity index (χ2v) is 6.42. The molecule has 94 valence electrons. The van der Waals surface area contributed by atoms with E-state index in [-0.39, 0.29) is 0 Å². The van der Waals surface area contributed by atoms with E-state index in [1.807, 2.05) is 0 Å². The molecule has 1 aliphatic rings. The molecule has 1 heterocycles. The lowest BCUT2D eigenvalue weighted by molar-refractivity contribution is 0.616. The molecular formula is C15H23NS. The number of hydrogen-bond donors (Lipinski definition) is 1. The molecule has 0 saturated carbocycles. The second kappa shape index (κ2) is 5.81. The fourth-order valence-corrected chi connectivity index (χ4v) is 3.67. The summed E-state index contributed by atoms with van der Waals surface area (Å²) >= 11 is 2.10. The number of para-hydroxylation sites is 1. The fraction of sp³-hybridized carbons (Fsp3) is 0.600. The Morgan fingerprint density at radius 2 is 2.24 bits per heavy atom. The van der Waals surface area contributed by atoms with Crippen LogP contribution in [-0.4, -0.2) is 17.0 Å². The molecule has 1 fully saturated rings. The summed E-state index contributed by atoms with van der Waals surface area (Å²) in [6, 6.07) is 7.26. The number of rotatable bonds is 3. The third kappa shape index (κ3) is 2.98. The summed E-state index contributed by atoms with van der Waals surface area (Å²) in [5.41, 5.74) is 4.22. The SMILES string of the molecule is CCc1cccc(C)c1NC1CCCSC1C. The normalized spacial score (nSPS) is 24.6. The van der Waals surface area contributed by atoms with Gasteiger partial charge in [0.15, 0.2) is 0 Å². The molecule has 0 aliphatic carbocycles. The van der Waals surface area contributed by atoms with Gasteiger partial charge >= 0.3 is 0 Å². The van der Waals surface area contributed by atoms with Crippen LogP contribution < -0.4 is 5.32 Å². The van der Waals surface area contributed by atoms with Gasteiger partial charge in [-0.3, -0.25) is 0 Å². The van der Waals surface area contributed by atoms with Gasteiger partial charge in [0.25, 0.3) is 0 Å². The first-order valence-corrected chi connectivity index (χ1v) is 7.74. The Balaban J connectivity index is 2.16. The topological polar surface area (TPSA) is 12.0 Å². The average Bonchev–Trinajstić information content (AvgIpc) is 2.34. The van der Waals surface area contributed by atoms with Crippen molar-refractivity contribution in [3.63, 3.8) is 0 Å². The minimum absolute atomic E-state index is 0.639. The standard InChI is InChI=1S/C15H23NS/c1-4-13-8-5-7-11(2)15(13)16-14-9-6-10-17-12(14)3/h5,7-8,12,14,16H,4,6,9-10H2,1-3H3. The van der Waals surface area contributed by atoms with Gasteiger partial charge in [0.05, 0.1) is 0 Å². The van der Waals surface area contributed by atoms with Crippen molar-refractivity contribution in [1.82, 2.24) is 0 Å². The summed E-state index contributed by atoms with van der Waals surface area (Å²) in [6.07, 6.45) is 3.77. The molecule has 0 radical (unpaired) electrons. The molecule has 1 N–H and O–H groups in total. The highest BCUT2D eigenvalue weighted by molar-refractivity contribution is 8.00. The van der Waals surface area contributed by atoms with Crippen molar-refractivity contribution in [2.75, 3.05) is 11.1 Å². The zero-order chi connectivity index (χ0) is 12.3. The first-order chi connectivity index (χ1) is 8.22. The van der Waals surface area contributed by atoms with E-state index in [1.54, 1.807) is 0 Å². The number of benzene rings is 1. The fourth-order valence-electron chi connectivity index (χ4n) is 2.53. The van der Waals surface area contributed by atoms with Gasteiger partial charge in [-0.05, 0) is 43.1 Å². The Labute approximate surface area is 109 Å². The molecule has 1 aromatic rings. The number of hydrogen-bond acceptors (Lipinski definition) is 2. The van der Waals surface area contributed by atoms with Crippen molar-refractivity contribution in [2.45, 2.75) is 51.3 Å². The van der Waals surface area contributed by atoms with Gasteiger partial charge in [0.2, 0.25) is 0 Å². The quantitative estimate of drug-likeness (QED) is 0.859. The summed E-state index contributed by atoms with van der Waals surface area (Å²) in [6.45, 7) is 6.80. The molecule has 0 spiro atoms. The van der Waals surface area contributed by atoms with E-state index < -0.39 is 0 Å². The van der Waals surface area contributed by atoms with Crippen LogP contribution in [0.2, 0.25) is 0 Å². The highest BCUT2D eigenvalue weighted by atomic mass is 32.2. The van der Waals surface area contributed by atoms with Crippen LogP contribution in [0.3, 0.4) is 0 Å². The first-order valence-electron chi connectivity index (χ1n) is 6.69. The maximum absolute atomic E-state index is 3.80. The Morgan fingerprint density at radius 1 is 1.41 bits per heavy atom. The third-order valence-corrected chi connectivity index (χ3v) is 5.06. The van der Waals surface area contributed by atoms with Gasteiger partial charge in [-0.15, -0.1) is 0 Å². The summed E-state index contributed by atoms with van der Waals surface area (Å²) < 4.78 is 0. The maximum atomic E-state index is 3.80. The monoisotopic (exact) mass is 249 g/mol. The third-order valence-electron chi connectivity index (χ3n) is 3.68. The predicted octanol–water partition coefficient (Wildman–Crippen LogP) is 4.25. The molecule has 1 saturated heterocycles. The molecule has 2 heteroatoms. The van der Waals surface area contributed by atoms with Crippen LogP contribution in [0.25, 0.3) is 0 Å². The van der Waals surface area contributed by atoms with E-state index in [0.29, 0.717) is 6.04 Å². The second-order valence-electron chi connectivity index (χ2n) is 4.93. The van der Waals surface area contributed by atoms with E-state index in [0.717, 1.165) is 11.7 Å². The molecule has 1 nitrogen and oxygen atoms in total. The molecule has 1 aromatic carbocycles. The lowest BCUT2D eigenvalue weighted by atomic mass is 10.0. The first kappa shape index (κ1) is 12.8. The van der Waals surface area contributed by atoms with Crippen molar-refractivity contribution in [1.29, 1.82) is 0 Å². The van der Waals surface area contributed by atoms with Crippen LogP contribution in [-0.2, 0) is 6.42 Å². The Hall–Kier alpha value is -0.630. The van der Waals surface area contributed by atoms with Crippen molar-refractivity contribution < 1.29 is 0 Å². The lowest BCUT2D eigenvalue weighted by Crippen LogP contribution is -2.33. The van der Waals surface area contributed by atoms with Crippen LogP contribution in [0.1, 0.15) is 37.8 Å². The van der Waals surface area contributed by atoms with Crippen LogP contribution in [0.15, 0.2) is 18.2 Å². The Kier molecular flexibility index (Phi) is 4.38. The van der Waals surface area contributed by atoms with Crippen LogP contribution >= 0.6 is 11.8 Å². The Morgan fingerprint density at radius 3 is 2.94 bits per heavy atom. The minimum atomic E-state index is 0.639. The van der Waals surface area contributed by atoms with E-state index in [4.69, 9.17) is 0 Å². The molecule has 1 aliphatic heterocycles. The number of thioether (sulfide) groups is 1. The predicted molar refractivity (Wildman–Crippen MR) is 79.1 cm³/mol. The molecule has 2 unspecified atom stereocenters. The smallest absolute Gasteiger partial charge is 0.0404 e. The molecule has 0 bridgehead atoms. The molecule has 17 heavy (non-hydrogen) atoms. The van der Waals surface area contributed by atoms with Gasteiger partial charge in [-0.1, -0.05) is 32.0 Å². The summed E-state index contributed by atoms with van der Waals surface area (Å²) in [5.74, 6) is 1.33. The zero-order valence-corrected chi connectivity index (χ0v) is 11.9. The average molecular weight is 249 g/mol. The zero-order valence-electron chi connectivity index (χ0n) is 11.1.